The Balaban J connectivity index is 1.90. The number of rotatable bonds is 8. The summed E-state index contributed by atoms with van der Waals surface area (Å²) in [6, 6.07) is 12.9. The first-order chi connectivity index (χ1) is 18.7. The van der Waals surface area contributed by atoms with Crippen LogP contribution in [0.1, 0.15) is 50.2 Å². The van der Waals surface area contributed by atoms with Crippen LogP contribution in [0.3, 0.4) is 0 Å². The Morgan fingerprint density at radius 2 is 1.74 bits per heavy atom. The van der Waals surface area contributed by atoms with Gasteiger partial charge in [-0.05, 0) is 50.5 Å². The molecule has 0 bridgehead atoms. The molecule has 10 heteroatoms. The van der Waals surface area contributed by atoms with E-state index in [1.807, 2.05) is 6.07 Å². The van der Waals surface area contributed by atoms with Crippen molar-refractivity contribution in [3.05, 3.63) is 92.3 Å². The summed E-state index contributed by atoms with van der Waals surface area (Å²) >= 11 is 0. The maximum Gasteiger partial charge on any atom is 0.336 e. The van der Waals surface area contributed by atoms with E-state index in [9.17, 15) is 24.5 Å². The molecule has 4 rings (SSSR count). The number of non-ortho nitro benzene ring substituents is 1. The molecule has 3 atom stereocenters. The van der Waals surface area contributed by atoms with Crippen LogP contribution in [-0.4, -0.2) is 43.0 Å². The minimum atomic E-state index is -1.17. The molecule has 0 amide bonds. The number of allylic oxidation sites excluding steroid dienone is 3. The zero-order valence-electron chi connectivity index (χ0n) is 22.2. The minimum absolute atomic E-state index is 0.0937. The summed E-state index contributed by atoms with van der Waals surface area (Å²) in [6.45, 7) is 5.28. The van der Waals surface area contributed by atoms with Crippen LogP contribution in [0.4, 0.5) is 5.69 Å². The van der Waals surface area contributed by atoms with Gasteiger partial charge in [0.2, 0.25) is 0 Å². The summed E-state index contributed by atoms with van der Waals surface area (Å²) in [7, 11) is 1.54. The number of Topliss-reactive ketones (excluding diaryl/α,β-unsaturated/α-hetero) is 1. The number of nitro groups is 1. The molecule has 0 radical (unpaired) electrons. The van der Waals surface area contributed by atoms with Crippen molar-refractivity contribution in [3.8, 4) is 5.75 Å². The third kappa shape index (κ3) is 5.27. The third-order valence-corrected chi connectivity index (χ3v) is 7.01. The normalized spacial score (nSPS) is 20.6. The van der Waals surface area contributed by atoms with Gasteiger partial charge in [0.25, 0.3) is 5.69 Å². The molecular weight excluding hydrogens is 504 g/mol. The van der Waals surface area contributed by atoms with E-state index in [1.54, 1.807) is 39.0 Å². The molecule has 2 aliphatic rings. The first kappa shape index (κ1) is 27.6. The number of dihydropyridines is 1. The van der Waals surface area contributed by atoms with E-state index in [0.717, 1.165) is 5.56 Å². The Morgan fingerprint density at radius 1 is 1.05 bits per heavy atom. The van der Waals surface area contributed by atoms with Crippen LogP contribution in [0, 0.1) is 16.0 Å². The zero-order valence-corrected chi connectivity index (χ0v) is 22.2. The van der Waals surface area contributed by atoms with Gasteiger partial charge in [-0.3, -0.25) is 19.7 Å². The summed E-state index contributed by atoms with van der Waals surface area (Å²) in [4.78, 5) is 51.5. The van der Waals surface area contributed by atoms with E-state index in [0.29, 0.717) is 22.7 Å². The van der Waals surface area contributed by atoms with Crippen LogP contribution in [0.2, 0.25) is 0 Å². The average Bonchev–Trinajstić information content (AvgIpc) is 2.92. The maximum atomic E-state index is 14.3. The van der Waals surface area contributed by atoms with Gasteiger partial charge in [0.05, 0.1) is 30.8 Å². The van der Waals surface area contributed by atoms with Crippen LogP contribution >= 0.6 is 0 Å². The topological polar surface area (TPSA) is 134 Å². The quantitative estimate of drug-likeness (QED) is 0.227. The predicted octanol–water partition coefficient (Wildman–Crippen LogP) is 4.32. The highest BCUT2D eigenvalue weighted by Gasteiger charge is 2.49. The molecule has 0 aromatic heterocycles. The SMILES string of the molecule is CCOC(=O)C1=C(C)NC2=C(C(=O)[C@H](C(=O)OCC)[C@H](c3cccc(OC)c3)C2)[C@H]1c1ccc([N+](=O)[O-])cc1. The van der Waals surface area contributed by atoms with Crippen molar-refractivity contribution < 1.29 is 33.5 Å². The number of ether oxygens (including phenoxy) is 3. The number of esters is 2. The molecule has 204 valence electrons. The van der Waals surface area contributed by atoms with Gasteiger partial charge in [-0.1, -0.05) is 24.3 Å². The van der Waals surface area contributed by atoms with Crippen molar-refractivity contribution >= 4 is 23.4 Å². The zero-order chi connectivity index (χ0) is 28.3. The van der Waals surface area contributed by atoms with Gasteiger partial charge in [-0.15, -0.1) is 0 Å². The average molecular weight is 535 g/mol. The summed E-state index contributed by atoms with van der Waals surface area (Å²) in [5.41, 5.74) is 2.63. The lowest BCUT2D eigenvalue weighted by Crippen LogP contribution is -2.43. The van der Waals surface area contributed by atoms with Gasteiger partial charge >= 0.3 is 11.9 Å². The lowest BCUT2D eigenvalue weighted by atomic mass is 9.67. The van der Waals surface area contributed by atoms with Crippen molar-refractivity contribution in [1.29, 1.82) is 0 Å². The van der Waals surface area contributed by atoms with Gasteiger partial charge in [-0.2, -0.15) is 0 Å². The van der Waals surface area contributed by atoms with Crippen molar-refractivity contribution in [2.45, 2.75) is 39.0 Å². The number of benzene rings is 2. The molecule has 0 saturated carbocycles. The second-order valence-corrected chi connectivity index (χ2v) is 9.24. The fraction of sp³-hybridized carbons (Fsp3) is 0.345. The standard InChI is InChI=1S/C29H30N2O8/c1-5-38-28(33)23-16(3)30-22-15-21(18-8-7-9-20(14-18)37-4)25(29(34)39-6-2)27(32)26(22)24(23)17-10-12-19(13-11-17)31(35)36/h7-14,21,24-25,30H,5-6,15H2,1-4H3/t21-,24-,25+/m0/s1. The van der Waals surface area contributed by atoms with Crippen LogP contribution in [-0.2, 0) is 23.9 Å². The van der Waals surface area contributed by atoms with Gasteiger partial charge in [-0.25, -0.2) is 4.79 Å². The fourth-order valence-corrected chi connectivity index (χ4v) is 5.32. The van der Waals surface area contributed by atoms with E-state index >= 15 is 0 Å². The van der Waals surface area contributed by atoms with E-state index < -0.39 is 40.4 Å². The number of carbonyl (C=O) groups excluding carboxylic acids is 3. The molecular formula is C29H30N2O8. The molecule has 0 spiro atoms. The highest BCUT2D eigenvalue weighted by molar-refractivity contribution is 6.13. The molecule has 39 heavy (non-hydrogen) atoms. The summed E-state index contributed by atoms with van der Waals surface area (Å²) in [6.07, 6.45) is 0.286. The molecule has 2 aromatic carbocycles. The number of nitro benzene ring substituents is 1. The largest absolute Gasteiger partial charge is 0.497 e. The number of nitrogens with zero attached hydrogens (tertiary/aromatic N) is 1. The smallest absolute Gasteiger partial charge is 0.336 e. The minimum Gasteiger partial charge on any atom is -0.497 e. The first-order valence-corrected chi connectivity index (χ1v) is 12.7. The van der Waals surface area contributed by atoms with Crippen molar-refractivity contribution in [3.63, 3.8) is 0 Å². The summed E-state index contributed by atoms with van der Waals surface area (Å²) in [5.74, 6) is -3.78. The molecule has 0 saturated heterocycles. The number of methoxy groups -OCH3 is 1. The predicted molar refractivity (Wildman–Crippen MR) is 141 cm³/mol. The second-order valence-electron chi connectivity index (χ2n) is 9.24. The Bertz CT molecular complexity index is 1380. The number of carbonyl (C=O) groups is 3. The van der Waals surface area contributed by atoms with Crippen molar-refractivity contribution in [2.75, 3.05) is 20.3 Å². The summed E-state index contributed by atoms with van der Waals surface area (Å²) in [5, 5.41) is 14.5. The van der Waals surface area contributed by atoms with Crippen molar-refractivity contribution in [2.24, 2.45) is 5.92 Å². The number of nitrogens with one attached hydrogen (secondary N) is 1. The van der Waals surface area contributed by atoms with Crippen LogP contribution < -0.4 is 10.1 Å². The molecule has 1 N–H and O–H groups in total. The van der Waals surface area contributed by atoms with Gasteiger partial charge in [0.1, 0.15) is 11.7 Å². The second kappa shape index (κ2) is 11.5. The molecule has 2 aromatic rings. The van der Waals surface area contributed by atoms with Gasteiger partial charge < -0.3 is 19.5 Å². The van der Waals surface area contributed by atoms with Crippen LogP contribution in [0.25, 0.3) is 0 Å². The number of hydrogen-bond acceptors (Lipinski definition) is 9. The molecule has 0 fully saturated rings. The molecule has 1 aliphatic carbocycles. The number of hydrogen-bond donors (Lipinski definition) is 1. The first-order valence-electron chi connectivity index (χ1n) is 12.7. The van der Waals surface area contributed by atoms with Crippen LogP contribution in [0.5, 0.6) is 5.75 Å². The lowest BCUT2D eigenvalue weighted by Gasteiger charge is -2.39. The monoisotopic (exact) mass is 534 g/mol. The Kier molecular flexibility index (Phi) is 8.13. The van der Waals surface area contributed by atoms with E-state index in [-0.39, 0.29) is 36.5 Å². The fourth-order valence-electron chi connectivity index (χ4n) is 5.32. The van der Waals surface area contributed by atoms with E-state index in [1.165, 1.54) is 31.4 Å². The highest BCUT2D eigenvalue weighted by Crippen LogP contribution is 2.48. The Labute approximate surface area is 225 Å². The number of ketones is 1. The maximum absolute atomic E-state index is 14.3. The highest BCUT2D eigenvalue weighted by atomic mass is 16.6. The van der Waals surface area contributed by atoms with E-state index in [2.05, 4.69) is 5.32 Å². The van der Waals surface area contributed by atoms with E-state index in [4.69, 9.17) is 14.2 Å². The molecule has 0 unspecified atom stereocenters. The Hall–Kier alpha value is -4.47. The molecule has 10 nitrogen and oxygen atoms in total. The molecule has 1 aliphatic heterocycles. The molecule has 1 heterocycles. The van der Waals surface area contributed by atoms with Gasteiger partial charge in [0, 0.05) is 40.9 Å². The summed E-state index contributed by atoms with van der Waals surface area (Å²) < 4.78 is 16.0. The third-order valence-electron chi connectivity index (χ3n) is 7.01. The van der Waals surface area contributed by atoms with Gasteiger partial charge in [0.15, 0.2) is 5.78 Å². The van der Waals surface area contributed by atoms with Crippen molar-refractivity contribution in [1.82, 2.24) is 5.32 Å². The Morgan fingerprint density at radius 3 is 2.36 bits per heavy atom. The van der Waals surface area contributed by atoms with Crippen LogP contribution in [0.15, 0.2) is 71.1 Å². The lowest BCUT2D eigenvalue weighted by molar-refractivity contribution is -0.384.